The largest absolute Gasteiger partial charge is 0.394 e. The number of nitrogens with zero attached hydrogens (tertiary/aromatic N) is 4. The van der Waals surface area contributed by atoms with Crippen LogP contribution >= 0.6 is 11.6 Å². The molecule has 1 unspecified atom stereocenters. The third kappa shape index (κ3) is 2.31. The maximum Gasteiger partial charge on any atom is 0.223 e. The predicted octanol–water partition coefficient (Wildman–Crippen LogP) is -0.691. The van der Waals surface area contributed by atoms with E-state index < -0.39 is 30.5 Å². The minimum atomic E-state index is -1.22. The van der Waals surface area contributed by atoms with Gasteiger partial charge in [-0.15, -0.1) is 0 Å². The van der Waals surface area contributed by atoms with E-state index in [1.165, 1.54) is 10.9 Å². The van der Waals surface area contributed by atoms with Crippen LogP contribution in [-0.4, -0.2) is 59.8 Å². The van der Waals surface area contributed by atoms with E-state index in [1.54, 1.807) is 6.92 Å². The summed E-state index contributed by atoms with van der Waals surface area (Å²) < 4.78 is 7.10. The van der Waals surface area contributed by atoms with Crippen LogP contribution in [0.2, 0.25) is 5.15 Å². The van der Waals surface area contributed by atoms with E-state index in [0.717, 1.165) is 0 Å². The van der Waals surface area contributed by atoms with Crippen LogP contribution in [0.15, 0.2) is 6.33 Å². The van der Waals surface area contributed by atoms with Crippen LogP contribution in [0.4, 0.5) is 5.95 Å². The van der Waals surface area contributed by atoms with Crippen LogP contribution in [0.3, 0.4) is 0 Å². The van der Waals surface area contributed by atoms with Gasteiger partial charge in [0.15, 0.2) is 17.0 Å². The molecule has 5 N–H and O–H groups in total. The molecule has 2 aromatic rings. The van der Waals surface area contributed by atoms with Gasteiger partial charge in [-0.3, -0.25) is 4.57 Å². The number of aliphatic hydroxyl groups is 3. The van der Waals surface area contributed by atoms with E-state index >= 15 is 0 Å². The van der Waals surface area contributed by atoms with Crippen molar-refractivity contribution in [2.45, 2.75) is 31.5 Å². The van der Waals surface area contributed by atoms with Gasteiger partial charge < -0.3 is 25.8 Å². The third-order valence-corrected chi connectivity index (χ3v) is 4.20. The van der Waals surface area contributed by atoms with Crippen molar-refractivity contribution < 1.29 is 20.1 Å². The van der Waals surface area contributed by atoms with Crippen molar-refractivity contribution in [2.75, 3.05) is 12.3 Å². The van der Waals surface area contributed by atoms with E-state index in [2.05, 4.69) is 15.0 Å². The van der Waals surface area contributed by atoms with Crippen molar-refractivity contribution in [2.24, 2.45) is 5.92 Å². The summed E-state index contributed by atoms with van der Waals surface area (Å²) in [6.07, 6.45) is -2.52. The molecule has 1 aliphatic rings. The molecule has 2 aromatic heterocycles. The second-order valence-corrected chi connectivity index (χ2v) is 5.64. The van der Waals surface area contributed by atoms with Gasteiger partial charge in [0.1, 0.15) is 11.6 Å². The summed E-state index contributed by atoms with van der Waals surface area (Å²) in [5.41, 5.74) is 6.16. The van der Waals surface area contributed by atoms with Gasteiger partial charge in [0.05, 0.1) is 25.1 Å². The first-order valence-electron chi connectivity index (χ1n) is 6.72. The topological polar surface area (TPSA) is 140 Å². The number of fused-ring (bicyclic) bond motifs is 1. The number of hydrogen-bond donors (Lipinski definition) is 4. The Kier molecular flexibility index (Phi) is 3.91. The van der Waals surface area contributed by atoms with Crippen molar-refractivity contribution in [1.82, 2.24) is 19.5 Å². The number of anilines is 1. The van der Waals surface area contributed by atoms with Crippen LogP contribution in [0.5, 0.6) is 0 Å². The highest BCUT2D eigenvalue weighted by Crippen LogP contribution is 2.33. The Labute approximate surface area is 130 Å². The Morgan fingerprint density at radius 3 is 2.77 bits per heavy atom. The van der Waals surface area contributed by atoms with E-state index in [1.807, 2.05) is 0 Å². The molecule has 0 amide bonds. The van der Waals surface area contributed by atoms with Crippen molar-refractivity contribution in [3.63, 3.8) is 0 Å². The number of nitrogen functional groups attached to an aromatic ring is 1. The molecule has 3 heterocycles. The van der Waals surface area contributed by atoms with Gasteiger partial charge in [-0.05, 0) is 0 Å². The molecule has 10 heteroatoms. The number of aliphatic hydroxyl groups excluding tert-OH is 3. The zero-order valence-electron chi connectivity index (χ0n) is 11.7. The minimum absolute atomic E-state index is 0.0443. The highest BCUT2D eigenvalue weighted by molar-refractivity contribution is 6.33. The molecule has 0 spiro atoms. The minimum Gasteiger partial charge on any atom is -0.394 e. The predicted molar refractivity (Wildman–Crippen MR) is 76.9 cm³/mol. The molecule has 0 radical (unpaired) electrons. The standard InChI is InChI=1S/C12H16ClN5O4/c1-4-5(2-19)22-11(8(21)7(4)20)18-3-15-6-9(13)16-12(14)17-10(6)18/h3-5,7-8,11,19-21H,2H2,1H3,(H2,14,16,17)/t4?,5-,7+,8+,11-/m1/s1. The van der Waals surface area contributed by atoms with Gasteiger partial charge >= 0.3 is 0 Å². The number of hydrogen-bond acceptors (Lipinski definition) is 8. The lowest BCUT2D eigenvalue weighted by Gasteiger charge is -2.41. The SMILES string of the molecule is CC1[C@@H](CO)O[C@@H](n2cnc3c(Cl)nc(N)nc32)[C@@H](O)[C@H]1O. The highest BCUT2D eigenvalue weighted by Gasteiger charge is 2.43. The Balaban J connectivity index is 2.06. The number of rotatable bonds is 2. The second-order valence-electron chi connectivity index (χ2n) is 5.28. The Hall–Kier alpha value is -1.52. The first kappa shape index (κ1) is 15.4. The molecular formula is C12H16ClN5O4. The first-order chi connectivity index (χ1) is 10.4. The van der Waals surface area contributed by atoms with Crippen molar-refractivity contribution in [1.29, 1.82) is 0 Å². The molecule has 5 atom stereocenters. The highest BCUT2D eigenvalue weighted by atomic mass is 35.5. The molecule has 0 bridgehead atoms. The number of ether oxygens (including phenoxy) is 1. The zero-order valence-corrected chi connectivity index (χ0v) is 12.4. The maximum absolute atomic E-state index is 10.3. The number of aromatic nitrogens is 4. The van der Waals surface area contributed by atoms with Crippen LogP contribution in [0.1, 0.15) is 13.2 Å². The lowest BCUT2D eigenvalue weighted by Crippen LogP contribution is -2.52. The quantitative estimate of drug-likeness (QED) is 0.531. The average Bonchev–Trinajstić information content (AvgIpc) is 2.89. The summed E-state index contributed by atoms with van der Waals surface area (Å²) in [5.74, 6) is -0.466. The first-order valence-corrected chi connectivity index (χ1v) is 7.09. The summed E-state index contributed by atoms with van der Waals surface area (Å²) in [6, 6.07) is 0. The van der Waals surface area contributed by atoms with E-state index in [0.29, 0.717) is 5.52 Å². The molecule has 0 saturated carbocycles. The smallest absolute Gasteiger partial charge is 0.223 e. The van der Waals surface area contributed by atoms with E-state index in [4.69, 9.17) is 22.1 Å². The zero-order chi connectivity index (χ0) is 16.0. The van der Waals surface area contributed by atoms with Crippen molar-refractivity contribution in [3.8, 4) is 0 Å². The maximum atomic E-state index is 10.3. The molecule has 1 fully saturated rings. The molecular weight excluding hydrogens is 314 g/mol. The van der Waals surface area contributed by atoms with Crippen LogP contribution in [0.25, 0.3) is 11.2 Å². The van der Waals surface area contributed by atoms with Crippen LogP contribution in [-0.2, 0) is 4.74 Å². The molecule has 1 saturated heterocycles. The van der Waals surface area contributed by atoms with Crippen molar-refractivity contribution >= 4 is 28.7 Å². The normalized spacial score (nSPS) is 32.5. The Bertz CT molecular complexity index is 693. The molecule has 1 aliphatic heterocycles. The van der Waals surface area contributed by atoms with Crippen LogP contribution in [0, 0.1) is 5.92 Å². The fourth-order valence-corrected chi connectivity index (χ4v) is 2.83. The lowest BCUT2D eigenvalue weighted by atomic mass is 9.90. The van der Waals surface area contributed by atoms with E-state index in [9.17, 15) is 15.3 Å². The van der Waals surface area contributed by atoms with Gasteiger partial charge in [0.2, 0.25) is 5.95 Å². The Morgan fingerprint density at radius 1 is 1.36 bits per heavy atom. The van der Waals surface area contributed by atoms with Gasteiger partial charge in [0.25, 0.3) is 0 Å². The second kappa shape index (κ2) is 5.60. The number of halogens is 1. The van der Waals surface area contributed by atoms with Crippen molar-refractivity contribution in [3.05, 3.63) is 11.5 Å². The number of nitrogens with two attached hydrogens (primary N) is 1. The lowest BCUT2D eigenvalue weighted by molar-refractivity contribution is -0.229. The monoisotopic (exact) mass is 329 g/mol. The number of imidazole rings is 1. The molecule has 9 nitrogen and oxygen atoms in total. The van der Waals surface area contributed by atoms with Gasteiger partial charge in [-0.1, -0.05) is 18.5 Å². The summed E-state index contributed by atoms with van der Waals surface area (Å²) in [7, 11) is 0. The van der Waals surface area contributed by atoms with Gasteiger partial charge in [0, 0.05) is 5.92 Å². The summed E-state index contributed by atoms with van der Waals surface area (Å²) in [5, 5.41) is 29.9. The molecule has 0 aromatic carbocycles. The molecule has 22 heavy (non-hydrogen) atoms. The fraction of sp³-hybridized carbons (Fsp3) is 0.583. The molecule has 3 rings (SSSR count). The van der Waals surface area contributed by atoms with Gasteiger partial charge in [-0.25, -0.2) is 4.98 Å². The summed E-state index contributed by atoms with van der Waals surface area (Å²) in [6.45, 7) is 1.40. The fourth-order valence-electron chi connectivity index (χ4n) is 2.61. The van der Waals surface area contributed by atoms with E-state index in [-0.39, 0.29) is 23.4 Å². The van der Waals surface area contributed by atoms with Crippen LogP contribution < -0.4 is 5.73 Å². The molecule has 120 valence electrons. The Morgan fingerprint density at radius 2 is 2.09 bits per heavy atom. The summed E-state index contributed by atoms with van der Waals surface area (Å²) in [4.78, 5) is 11.9. The molecule has 0 aliphatic carbocycles. The average molecular weight is 330 g/mol. The summed E-state index contributed by atoms with van der Waals surface area (Å²) >= 11 is 5.96. The van der Waals surface area contributed by atoms with Gasteiger partial charge in [-0.2, -0.15) is 9.97 Å². The third-order valence-electron chi connectivity index (χ3n) is 3.93.